The van der Waals surface area contributed by atoms with Crippen molar-refractivity contribution in [2.24, 2.45) is 5.73 Å². The summed E-state index contributed by atoms with van der Waals surface area (Å²) in [6, 6.07) is 17.8. The first-order valence-electron chi connectivity index (χ1n) is 6.97. The maximum atomic E-state index is 10.4. The van der Waals surface area contributed by atoms with E-state index >= 15 is 0 Å². The minimum Gasteiger partial charge on any atom is -0.480 e. The predicted octanol–water partition coefficient (Wildman–Crippen LogP) is 2.43. The number of rotatable bonds is 5. The molecule has 0 heterocycles. The maximum absolute atomic E-state index is 10.4. The smallest absolute Gasteiger partial charge is 0.328 e. The molecule has 0 aromatic heterocycles. The van der Waals surface area contributed by atoms with Gasteiger partial charge in [-0.15, -0.1) is 0 Å². The molecular weight excluding hydrogens is 294 g/mol. The average molecular weight is 313 g/mol. The van der Waals surface area contributed by atoms with Gasteiger partial charge in [-0.2, -0.15) is 0 Å². The van der Waals surface area contributed by atoms with Gasteiger partial charge in [0.1, 0.15) is 6.04 Å². The summed E-state index contributed by atoms with van der Waals surface area (Å²) in [6.45, 7) is 0. The van der Waals surface area contributed by atoms with Crippen molar-refractivity contribution in [3.05, 3.63) is 77.9 Å². The van der Waals surface area contributed by atoms with E-state index in [1.165, 1.54) is 0 Å². The van der Waals surface area contributed by atoms with Crippen molar-refractivity contribution in [3.8, 4) is 0 Å². The molecule has 0 aliphatic rings. The van der Waals surface area contributed by atoms with E-state index in [-0.39, 0.29) is 0 Å². The summed E-state index contributed by atoms with van der Waals surface area (Å²) < 4.78 is 0. The van der Waals surface area contributed by atoms with Crippen LogP contribution >= 0.6 is 0 Å². The molecule has 1 unspecified atom stereocenters. The van der Waals surface area contributed by atoms with Crippen molar-refractivity contribution < 1.29 is 19.8 Å². The van der Waals surface area contributed by atoms with E-state index < -0.39 is 18.0 Å². The molecule has 120 valence electrons. The molecule has 5 heteroatoms. The molecular formula is C18H19NO4. The molecule has 1 atom stereocenters. The van der Waals surface area contributed by atoms with Crippen LogP contribution in [0.2, 0.25) is 0 Å². The summed E-state index contributed by atoms with van der Waals surface area (Å²) in [7, 11) is 0. The Bertz CT molecular complexity index is 639. The number of carboxylic acid groups (broad SMARTS) is 2. The van der Waals surface area contributed by atoms with E-state index in [0.29, 0.717) is 6.42 Å². The summed E-state index contributed by atoms with van der Waals surface area (Å²) in [5.74, 6) is -1.88. The quantitative estimate of drug-likeness (QED) is 0.736. The second-order valence-electron chi connectivity index (χ2n) is 4.72. The van der Waals surface area contributed by atoms with Gasteiger partial charge in [0.25, 0.3) is 0 Å². The number of benzene rings is 2. The Kier molecular flexibility index (Phi) is 7.82. The van der Waals surface area contributed by atoms with E-state index in [1.807, 2.05) is 60.7 Å². The molecule has 0 aliphatic carbocycles. The molecule has 2 rings (SSSR count). The normalized spacial score (nSPS) is 11.3. The zero-order chi connectivity index (χ0) is 17.1. The first kappa shape index (κ1) is 18.1. The highest BCUT2D eigenvalue weighted by molar-refractivity contribution is 5.85. The Morgan fingerprint density at radius 1 is 0.957 bits per heavy atom. The summed E-state index contributed by atoms with van der Waals surface area (Å²) in [4.78, 5) is 20.5. The van der Waals surface area contributed by atoms with Gasteiger partial charge < -0.3 is 15.9 Å². The highest BCUT2D eigenvalue weighted by Gasteiger charge is 2.10. The fourth-order valence-corrected chi connectivity index (χ4v) is 1.69. The van der Waals surface area contributed by atoms with Crippen molar-refractivity contribution in [1.82, 2.24) is 0 Å². The van der Waals surface area contributed by atoms with Crippen LogP contribution in [-0.2, 0) is 16.0 Å². The molecule has 0 aliphatic heterocycles. The Morgan fingerprint density at radius 2 is 1.48 bits per heavy atom. The standard InChI is InChI=1S/C9H11NO2.C9H8O2/c10-8(9(11)12)6-7-4-2-1-3-5-7;10-9(11)7-6-8-4-2-1-3-5-8/h1-5,8H,6,10H2,(H,11,12);1-7H,(H,10,11)/b;7-6+. The average Bonchev–Trinajstić information content (AvgIpc) is 2.55. The van der Waals surface area contributed by atoms with Crippen LogP contribution in [0.1, 0.15) is 11.1 Å². The highest BCUT2D eigenvalue weighted by Crippen LogP contribution is 2.01. The van der Waals surface area contributed by atoms with Crippen LogP contribution in [0.3, 0.4) is 0 Å². The zero-order valence-electron chi connectivity index (χ0n) is 12.5. The molecule has 2 aromatic carbocycles. The van der Waals surface area contributed by atoms with Gasteiger partial charge in [0.15, 0.2) is 0 Å². The number of hydrogen-bond donors (Lipinski definition) is 3. The number of nitrogens with two attached hydrogens (primary N) is 1. The van der Waals surface area contributed by atoms with E-state index in [9.17, 15) is 9.59 Å². The molecule has 23 heavy (non-hydrogen) atoms. The van der Waals surface area contributed by atoms with E-state index in [2.05, 4.69) is 0 Å². The zero-order valence-corrected chi connectivity index (χ0v) is 12.5. The molecule has 0 fully saturated rings. The van der Waals surface area contributed by atoms with Crippen LogP contribution in [0, 0.1) is 0 Å². The fraction of sp³-hybridized carbons (Fsp3) is 0.111. The van der Waals surface area contributed by atoms with Crippen molar-refractivity contribution in [2.45, 2.75) is 12.5 Å². The fourth-order valence-electron chi connectivity index (χ4n) is 1.69. The van der Waals surface area contributed by atoms with Crippen molar-refractivity contribution in [3.63, 3.8) is 0 Å². The number of hydrogen-bond acceptors (Lipinski definition) is 3. The van der Waals surface area contributed by atoms with Gasteiger partial charge in [0.05, 0.1) is 0 Å². The highest BCUT2D eigenvalue weighted by atomic mass is 16.4. The largest absolute Gasteiger partial charge is 0.480 e. The third-order valence-electron chi connectivity index (χ3n) is 2.83. The molecule has 5 nitrogen and oxygen atoms in total. The molecule has 2 aromatic rings. The number of carbonyl (C=O) groups is 2. The first-order valence-corrected chi connectivity index (χ1v) is 6.97. The van der Waals surface area contributed by atoms with Crippen molar-refractivity contribution in [2.75, 3.05) is 0 Å². The van der Waals surface area contributed by atoms with Gasteiger partial charge in [-0.05, 0) is 23.6 Å². The van der Waals surface area contributed by atoms with Crippen LogP contribution in [0.5, 0.6) is 0 Å². The number of carboxylic acids is 2. The molecule has 0 bridgehead atoms. The van der Waals surface area contributed by atoms with E-state index in [0.717, 1.165) is 17.2 Å². The lowest BCUT2D eigenvalue weighted by Gasteiger charge is -2.04. The Morgan fingerprint density at radius 3 is 1.96 bits per heavy atom. The molecule has 0 radical (unpaired) electrons. The third-order valence-corrected chi connectivity index (χ3v) is 2.83. The molecule has 0 amide bonds. The monoisotopic (exact) mass is 313 g/mol. The van der Waals surface area contributed by atoms with Crippen LogP contribution in [-0.4, -0.2) is 28.2 Å². The lowest BCUT2D eigenvalue weighted by molar-refractivity contribution is -0.138. The van der Waals surface area contributed by atoms with Gasteiger partial charge in [0.2, 0.25) is 0 Å². The number of aliphatic carboxylic acids is 2. The topological polar surface area (TPSA) is 101 Å². The predicted molar refractivity (Wildman–Crippen MR) is 88.9 cm³/mol. The maximum Gasteiger partial charge on any atom is 0.328 e. The summed E-state index contributed by atoms with van der Waals surface area (Å²) in [6.07, 6.45) is 3.06. The van der Waals surface area contributed by atoms with Gasteiger partial charge in [-0.25, -0.2) is 4.79 Å². The molecule has 0 spiro atoms. The van der Waals surface area contributed by atoms with Gasteiger partial charge in [-0.3, -0.25) is 4.79 Å². The molecule has 0 saturated carbocycles. The minimum atomic E-state index is -0.959. The minimum absolute atomic E-state index is 0.385. The van der Waals surface area contributed by atoms with Crippen LogP contribution in [0.15, 0.2) is 66.7 Å². The van der Waals surface area contributed by atoms with Crippen LogP contribution in [0.25, 0.3) is 6.08 Å². The SMILES string of the molecule is NC(Cc1ccccc1)C(=O)O.O=C(O)/C=C/c1ccccc1. The summed E-state index contributed by atoms with van der Waals surface area (Å²) in [5.41, 5.74) is 7.20. The van der Waals surface area contributed by atoms with Gasteiger partial charge in [0, 0.05) is 6.08 Å². The summed E-state index contributed by atoms with van der Waals surface area (Å²) >= 11 is 0. The van der Waals surface area contributed by atoms with Gasteiger partial charge >= 0.3 is 11.9 Å². The lowest BCUT2D eigenvalue weighted by atomic mass is 10.1. The Labute approximate surface area is 134 Å². The van der Waals surface area contributed by atoms with E-state index in [1.54, 1.807) is 6.08 Å². The molecule has 0 saturated heterocycles. The van der Waals surface area contributed by atoms with Crippen molar-refractivity contribution >= 4 is 18.0 Å². The third kappa shape index (κ3) is 8.18. The van der Waals surface area contributed by atoms with Gasteiger partial charge in [-0.1, -0.05) is 60.7 Å². The lowest BCUT2D eigenvalue weighted by Crippen LogP contribution is -2.32. The van der Waals surface area contributed by atoms with Crippen LogP contribution in [0.4, 0.5) is 0 Å². The van der Waals surface area contributed by atoms with E-state index in [4.69, 9.17) is 15.9 Å². The molecule has 4 N–H and O–H groups in total. The Balaban J connectivity index is 0.000000231. The summed E-state index contributed by atoms with van der Waals surface area (Å²) in [5, 5.41) is 16.8. The van der Waals surface area contributed by atoms with Crippen molar-refractivity contribution in [1.29, 1.82) is 0 Å². The first-order chi connectivity index (χ1) is 11.0. The second kappa shape index (κ2) is 9.92. The second-order valence-corrected chi connectivity index (χ2v) is 4.72. The Hall–Kier alpha value is -2.92. The van der Waals surface area contributed by atoms with Crippen LogP contribution < -0.4 is 5.73 Å².